The van der Waals surface area contributed by atoms with Crippen molar-refractivity contribution in [2.75, 3.05) is 40.6 Å². The Balaban J connectivity index is 0.000000342. The molecule has 52 heteroatoms. The second-order valence-corrected chi connectivity index (χ2v) is 29.9. The van der Waals surface area contributed by atoms with E-state index in [-0.39, 0.29) is 16.7 Å². The number of carbonyl (C=O) groups excluding carboxylic acids is 7. The zero-order valence-electron chi connectivity index (χ0n) is 68.4. The average molecular weight is 1800 g/mol. The fraction of sp³-hybridized carbons (Fsp3) is 0.764. The molecule has 0 aliphatic carbocycles. The summed E-state index contributed by atoms with van der Waals surface area (Å²) < 4.78 is 98.3. The number of aliphatic hydroxyl groups excluding tert-OH is 15. The lowest BCUT2D eigenvalue weighted by atomic mass is 9.92. The first-order valence-corrected chi connectivity index (χ1v) is 38.0. The highest BCUT2D eigenvalue weighted by molar-refractivity contribution is 6.00. The van der Waals surface area contributed by atoms with E-state index in [1.165, 1.54) is 34.6 Å². The van der Waals surface area contributed by atoms with E-state index in [9.17, 15) is 150 Å². The van der Waals surface area contributed by atoms with E-state index >= 15 is 0 Å². The normalized spacial score (nSPS) is 40.9. The van der Waals surface area contributed by atoms with Crippen LogP contribution in [0, 0.1) is 0 Å². The van der Waals surface area contributed by atoms with E-state index in [0.29, 0.717) is 0 Å². The number of rotatable bonds is 30. The first-order chi connectivity index (χ1) is 57.9. The molecule has 0 aromatic rings. The Kier molecular flexibility index (Phi) is 39.3. The van der Waals surface area contributed by atoms with Gasteiger partial charge in [-0.3, -0.25) is 19.2 Å². The summed E-state index contributed by atoms with van der Waals surface area (Å²) in [6, 6.07) is -5.82. The molecule has 8 rings (SSSR count). The van der Waals surface area contributed by atoms with E-state index < -0.39 is 337 Å². The lowest BCUT2D eigenvalue weighted by molar-refractivity contribution is -0.366. The van der Waals surface area contributed by atoms with Crippen LogP contribution in [0.5, 0.6) is 0 Å². The summed E-state index contributed by atoms with van der Waals surface area (Å²) in [4.78, 5) is 131. The van der Waals surface area contributed by atoms with Gasteiger partial charge in [0.05, 0.1) is 44.1 Å². The molecule has 40 unspecified atom stereocenters. The molecule has 4 amide bonds. The molecule has 706 valence electrons. The molecule has 0 bridgehead atoms. The van der Waals surface area contributed by atoms with E-state index in [1.807, 2.05) is 0 Å². The summed E-state index contributed by atoms with van der Waals surface area (Å²) in [5, 5.41) is 211. The zero-order chi connectivity index (χ0) is 93.6. The first-order valence-electron chi connectivity index (χ1n) is 38.0. The minimum atomic E-state index is -2.27. The van der Waals surface area contributed by atoms with Crippen LogP contribution in [-0.2, 0) is 138 Å². The second kappa shape index (κ2) is 46.4. The van der Waals surface area contributed by atoms with Gasteiger partial charge in [-0.2, -0.15) is 0 Å². The third kappa shape index (κ3) is 25.6. The van der Waals surface area contributed by atoms with Crippen molar-refractivity contribution in [2.24, 2.45) is 0 Å². The molecule has 40 atom stereocenters. The highest BCUT2D eigenvalue weighted by atomic mass is 16.8. The molecule has 0 radical (unpaired) electrons. The third-order valence-electron chi connectivity index (χ3n) is 20.4. The van der Waals surface area contributed by atoms with E-state index in [2.05, 4.69) is 45.7 Å². The van der Waals surface area contributed by atoms with Gasteiger partial charge in [0.2, 0.25) is 23.6 Å². The van der Waals surface area contributed by atoms with Gasteiger partial charge in [0.1, 0.15) is 165 Å². The molecule has 52 nitrogen and oxygen atoms in total. The van der Waals surface area contributed by atoms with Crippen molar-refractivity contribution in [3.05, 3.63) is 36.5 Å². The van der Waals surface area contributed by atoms with Crippen molar-refractivity contribution in [1.29, 1.82) is 0 Å². The summed E-state index contributed by atoms with van der Waals surface area (Å²) in [6.07, 6.45) is -66.4. The van der Waals surface area contributed by atoms with Crippen LogP contribution in [0.15, 0.2) is 36.5 Å². The molecule has 8 aliphatic rings. The van der Waals surface area contributed by atoms with Gasteiger partial charge in [0.15, 0.2) is 62.2 Å². The highest BCUT2D eigenvalue weighted by Gasteiger charge is 2.61. The predicted molar refractivity (Wildman–Crippen MR) is 392 cm³/mol. The van der Waals surface area contributed by atoms with Crippen LogP contribution in [0.3, 0.4) is 0 Å². The molecule has 8 aliphatic heterocycles. The van der Waals surface area contributed by atoms with Crippen LogP contribution in [0.25, 0.3) is 0 Å². The largest absolute Gasteiger partial charge is 0.479 e. The molecule has 124 heavy (non-hydrogen) atoms. The van der Waals surface area contributed by atoms with Gasteiger partial charge in [0.25, 0.3) is 0 Å². The number of carboxylic acid groups (broad SMARTS) is 4. The Morgan fingerprint density at radius 2 is 0.532 bits per heavy atom. The van der Waals surface area contributed by atoms with E-state index in [1.54, 1.807) is 0 Å². The van der Waals surface area contributed by atoms with Gasteiger partial charge in [-0.25, -0.2) is 33.6 Å². The van der Waals surface area contributed by atoms with Crippen LogP contribution in [-0.4, -0.2) is 448 Å². The maximum atomic E-state index is 12.7. The van der Waals surface area contributed by atoms with E-state index in [4.69, 9.17) is 80.5 Å². The van der Waals surface area contributed by atoms with Crippen molar-refractivity contribution >= 4 is 65.4 Å². The minimum absolute atomic E-state index is 0.0380. The van der Waals surface area contributed by atoms with Gasteiger partial charge in [0, 0.05) is 58.6 Å². The van der Waals surface area contributed by atoms with Crippen molar-refractivity contribution in [3.63, 3.8) is 0 Å². The summed E-state index contributed by atoms with van der Waals surface area (Å²) >= 11 is 0. The van der Waals surface area contributed by atoms with Gasteiger partial charge < -0.3 is 204 Å². The molecule has 8 saturated heterocycles. The zero-order valence-corrected chi connectivity index (χ0v) is 68.4. The van der Waals surface area contributed by atoms with E-state index in [0.717, 1.165) is 41.9 Å². The number of hydrogen-bond acceptors (Lipinski definition) is 44. The Labute approximate surface area is 704 Å². The number of nitrogens with one attached hydrogen (secondary N) is 4. The lowest BCUT2D eigenvalue weighted by Gasteiger charge is -2.50. The van der Waals surface area contributed by atoms with Gasteiger partial charge >= 0.3 is 41.8 Å². The Hall–Kier alpha value is -7.65. The van der Waals surface area contributed by atoms with Gasteiger partial charge in [-0.1, -0.05) is 19.7 Å². The molecule has 23 N–H and O–H groups in total. The summed E-state index contributed by atoms with van der Waals surface area (Å²) in [5.41, 5.74) is 0.426. The Bertz CT molecular complexity index is 3670. The van der Waals surface area contributed by atoms with Gasteiger partial charge in [-0.15, -0.1) is 0 Å². The van der Waals surface area contributed by atoms with Gasteiger partial charge in [-0.05, 0) is 34.6 Å². The maximum absolute atomic E-state index is 12.7. The molecular weight excluding hydrogens is 1690 g/mol. The first kappa shape index (κ1) is 105. The number of amides is 4. The fourth-order valence-corrected chi connectivity index (χ4v) is 14.1. The van der Waals surface area contributed by atoms with Crippen molar-refractivity contribution in [2.45, 2.75) is 307 Å². The molecular formula is C72H110N4O48. The predicted octanol–water partition coefficient (Wildman–Crippen LogP) is -12.8. The fourth-order valence-electron chi connectivity index (χ4n) is 14.1. The van der Waals surface area contributed by atoms with Crippen molar-refractivity contribution < 1.29 is 235 Å². The maximum Gasteiger partial charge on any atom is 0.340 e. The number of carbonyl (C=O) groups is 11. The van der Waals surface area contributed by atoms with Crippen LogP contribution in [0.4, 0.5) is 0 Å². The summed E-state index contributed by atoms with van der Waals surface area (Å²) in [5.74, 6) is -12.0. The smallest absolute Gasteiger partial charge is 0.340 e. The Morgan fingerprint density at radius 1 is 0.298 bits per heavy atom. The lowest BCUT2D eigenvalue weighted by Crippen LogP contribution is -2.70. The number of aliphatic hydroxyl groups is 15. The average Bonchev–Trinajstić information content (AvgIpc) is 0.766. The molecule has 8 fully saturated rings. The second-order valence-electron chi connectivity index (χ2n) is 29.9. The molecule has 0 aromatic carbocycles. The quantitative estimate of drug-likeness (QED) is 0.0180. The highest BCUT2D eigenvalue weighted by Crippen LogP contribution is 2.39. The Morgan fingerprint density at radius 3 is 0.790 bits per heavy atom. The summed E-state index contributed by atoms with van der Waals surface area (Å²) in [6.45, 7) is 18.5. The number of methoxy groups -OCH3 is 2. The van der Waals surface area contributed by atoms with Crippen molar-refractivity contribution in [3.8, 4) is 0 Å². The molecule has 0 aromatic heterocycles. The molecule has 8 heterocycles. The van der Waals surface area contributed by atoms with Crippen molar-refractivity contribution in [1.82, 2.24) is 21.3 Å². The number of esters is 3. The number of ether oxygens (including phenoxy) is 18. The number of hydrogen-bond donors (Lipinski definition) is 23. The SMILES string of the molecule is C=C(C)C(=O)OC(=O)C(=C)C.C=C(C)C(=O)OCC1OC(C)C(NC(C)=O)C(OC2OC(C(=O)O)C(OC3OC(CO)C(O)C(OC4OC(C(=O)O)C(OC)C(O)C4O)C3NC(C)=O)C(O)C2O)C1O.COC1C(C(=O)O)OC(OC2C(O)C(CO)OC(OC3C(C(=O)O)OC(OC4C(O)C(CO)OC(C)C4NC(C)=O)C(O)C3O)C2NC(C)=O)C(O)C1O. The topological polar surface area (TPSA) is 786 Å². The van der Waals surface area contributed by atoms with Crippen LogP contribution in [0.1, 0.15) is 62.3 Å². The summed E-state index contributed by atoms with van der Waals surface area (Å²) in [7, 11) is 2.09. The van der Waals surface area contributed by atoms with Crippen LogP contribution >= 0.6 is 0 Å². The van der Waals surface area contributed by atoms with Crippen LogP contribution in [0.2, 0.25) is 0 Å². The monoisotopic (exact) mass is 1800 g/mol. The third-order valence-corrected chi connectivity index (χ3v) is 20.4. The van der Waals surface area contributed by atoms with Crippen LogP contribution < -0.4 is 21.3 Å². The minimum Gasteiger partial charge on any atom is -0.479 e. The standard InChI is InChI=1S/C34H52N2O23.C30H48N2O22.C8H10O3/c1-9(2)31(50)52-8-14-18(41)23(15(10(3)53-14)35-11(4)38)55-34-22(45)20(43)26(28(59-34)30(48)49)57-32-16(36-12(5)39)24(17(40)13(7-37)54-32)56-33-21(44)19(42)25(51-6)27(58-33)29(46)47;1-7-12(31-8(2)35)20(14(37)10(5-33)48-7)50-30-19(42)17(40)23(25(54-30)27(45)46)52-28-13(32-9(3)36)21(15(38)11(6-34)49-28)51-29-18(41)16(39)22(47-4)24(53-29)26(43)44;1-5(2)7(9)11-8(10)6(3)4/h10,13-28,32-34,37,40-45H,1,7-8H2,2-6H3,(H,35,38)(H,36,39)(H,46,47)(H,48,49);7,10-25,28-30,33-34,37-42H,5-6H2,1-4H3,(H,31,35)(H,32,36)(H,43,44)(H,45,46);1,3H2,2,4H3. The molecule has 0 spiro atoms. The molecule has 0 saturated carbocycles. The number of carboxylic acids is 4. The number of aliphatic carboxylic acids is 4.